The van der Waals surface area contributed by atoms with Gasteiger partial charge in [-0.2, -0.15) is 0 Å². The molecule has 1 aromatic heterocycles. The molecule has 1 aliphatic rings. The molecule has 25 heavy (non-hydrogen) atoms. The van der Waals surface area contributed by atoms with Gasteiger partial charge in [0.25, 0.3) is 0 Å². The number of hydrogen-bond donors (Lipinski definition) is 2. The number of halogens is 1. The highest BCUT2D eigenvalue weighted by molar-refractivity contribution is 7.15. The maximum Gasteiger partial charge on any atom is 0.315 e. The number of aromatic nitrogens is 1. The molecule has 0 saturated heterocycles. The molecule has 2 aromatic rings. The number of benzene rings is 1. The Morgan fingerprint density at radius 3 is 2.80 bits per heavy atom. The van der Waals surface area contributed by atoms with E-state index in [1.165, 1.54) is 43.1 Å². The van der Waals surface area contributed by atoms with Gasteiger partial charge in [0, 0.05) is 12.1 Å². The van der Waals surface area contributed by atoms with Crippen LogP contribution in [0.15, 0.2) is 24.3 Å². The van der Waals surface area contributed by atoms with Crippen molar-refractivity contribution in [3.63, 3.8) is 0 Å². The van der Waals surface area contributed by atoms with Gasteiger partial charge in [-0.1, -0.05) is 25.0 Å². The fourth-order valence-electron chi connectivity index (χ4n) is 3.32. The van der Waals surface area contributed by atoms with E-state index in [2.05, 4.69) is 15.6 Å². The molecule has 1 atom stereocenters. The minimum absolute atomic E-state index is 0.153. The van der Waals surface area contributed by atoms with Gasteiger partial charge in [0.05, 0.1) is 16.6 Å². The van der Waals surface area contributed by atoms with Crippen molar-refractivity contribution in [2.75, 3.05) is 6.54 Å². The van der Waals surface area contributed by atoms with Gasteiger partial charge in [0.2, 0.25) is 0 Å². The van der Waals surface area contributed by atoms with Crippen molar-refractivity contribution in [2.24, 2.45) is 5.92 Å². The lowest BCUT2D eigenvalue weighted by Crippen LogP contribution is -2.39. The molecule has 4 nitrogen and oxygen atoms in total. The molecule has 134 valence electrons. The molecule has 1 unspecified atom stereocenters. The normalized spacial score (nSPS) is 16.0. The lowest BCUT2D eigenvalue weighted by atomic mass is 10.1. The van der Waals surface area contributed by atoms with Crippen molar-refractivity contribution in [3.05, 3.63) is 40.7 Å². The number of amides is 2. The summed E-state index contributed by atoms with van der Waals surface area (Å²) in [6.45, 7) is 4.56. The Morgan fingerprint density at radius 2 is 2.08 bits per heavy atom. The lowest BCUT2D eigenvalue weighted by Gasteiger charge is -2.15. The predicted molar refractivity (Wildman–Crippen MR) is 99.2 cm³/mol. The van der Waals surface area contributed by atoms with E-state index in [1.54, 1.807) is 18.2 Å². The second-order valence-corrected chi connectivity index (χ2v) is 7.71. The highest BCUT2D eigenvalue weighted by Crippen LogP contribution is 2.33. The smallest absolute Gasteiger partial charge is 0.315 e. The van der Waals surface area contributed by atoms with Gasteiger partial charge in [-0.05, 0) is 44.7 Å². The Hall–Kier alpha value is -1.95. The number of carbonyl (C=O) groups is 1. The summed E-state index contributed by atoms with van der Waals surface area (Å²) in [5.74, 6) is 0.330. The lowest BCUT2D eigenvalue weighted by molar-refractivity contribution is 0.236. The van der Waals surface area contributed by atoms with E-state index in [9.17, 15) is 9.18 Å². The summed E-state index contributed by atoms with van der Waals surface area (Å²) in [5.41, 5.74) is 1.33. The number of hydrogen-bond acceptors (Lipinski definition) is 3. The van der Waals surface area contributed by atoms with E-state index < -0.39 is 0 Å². The zero-order valence-corrected chi connectivity index (χ0v) is 15.5. The van der Waals surface area contributed by atoms with E-state index in [0.717, 1.165) is 17.1 Å². The first kappa shape index (κ1) is 17.9. The van der Waals surface area contributed by atoms with Crippen LogP contribution in [0.25, 0.3) is 10.6 Å². The molecular weight excluding hydrogens is 337 g/mol. The molecule has 1 heterocycles. The summed E-state index contributed by atoms with van der Waals surface area (Å²) in [5, 5.41) is 6.58. The summed E-state index contributed by atoms with van der Waals surface area (Å²) in [6.07, 6.45) is 4.94. The minimum atomic E-state index is -0.280. The van der Waals surface area contributed by atoms with Crippen molar-refractivity contribution in [1.82, 2.24) is 15.6 Å². The van der Waals surface area contributed by atoms with Crippen LogP contribution in [0.3, 0.4) is 0 Å². The molecule has 1 aliphatic carbocycles. The third kappa shape index (κ3) is 4.37. The maximum absolute atomic E-state index is 14.0. The topological polar surface area (TPSA) is 54.0 Å². The van der Waals surface area contributed by atoms with Crippen LogP contribution in [0.5, 0.6) is 0 Å². The second-order valence-electron chi connectivity index (χ2n) is 6.68. The van der Waals surface area contributed by atoms with Crippen LogP contribution in [0.1, 0.15) is 49.2 Å². The number of nitrogens with one attached hydrogen (secondary N) is 2. The van der Waals surface area contributed by atoms with Crippen LogP contribution in [0.4, 0.5) is 9.18 Å². The first-order valence-corrected chi connectivity index (χ1v) is 9.63. The first-order valence-electron chi connectivity index (χ1n) is 8.81. The summed E-state index contributed by atoms with van der Waals surface area (Å²) in [7, 11) is 0. The number of carbonyl (C=O) groups excluding carboxylic acids is 1. The third-order valence-electron chi connectivity index (χ3n) is 4.70. The van der Waals surface area contributed by atoms with Crippen molar-refractivity contribution in [3.8, 4) is 10.6 Å². The highest BCUT2D eigenvalue weighted by atomic mass is 32.1. The molecule has 0 bridgehead atoms. The van der Waals surface area contributed by atoms with E-state index in [-0.39, 0.29) is 17.9 Å². The molecule has 2 N–H and O–H groups in total. The summed E-state index contributed by atoms with van der Waals surface area (Å²) in [6, 6.07) is 6.31. The van der Waals surface area contributed by atoms with Crippen LogP contribution in [0.2, 0.25) is 0 Å². The SMILES string of the molecule is Cc1nc(-c2ccccc2F)sc1C(C)NC(=O)NCC1CCCC1. The standard InChI is InChI=1S/C19H24FN3OS/c1-12-17(25-18(22-12)15-9-5-6-10-16(15)20)13(2)23-19(24)21-11-14-7-3-4-8-14/h5-6,9-10,13-14H,3-4,7-8,11H2,1-2H3,(H2,21,23,24). The number of rotatable bonds is 5. The average Bonchev–Trinajstić information content (AvgIpc) is 3.23. The summed E-state index contributed by atoms with van der Waals surface area (Å²) in [4.78, 5) is 17.6. The van der Waals surface area contributed by atoms with Gasteiger partial charge >= 0.3 is 6.03 Å². The molecule has 1 aromatic carbocycles. The zero-order chi connectivity index (χ0) is 17.8. The Bertz CT molecular complexity index is 740. The molecule has 6 heteroatoms. The molecule has 1 saturated carbocycles. The molecule has 1 fully saturated rings. The maximum atomic E-state index is 14.0. The van der Waals surface area contributed by atoms with Crippen molar-refractivity contribution < 1.29 is 9.18 Å². The Balaban J connectivity index is 1.63. The van der Waals surface area contributed by atoms with Crippen molar-refractivity contribution in [2.45, 2.75) is 45.6 Å². The summed E-state index contributed by atoms with van der Waals surface area (Å²) >= 11 is 1.43. The van der Waals surface area contributed by atoms with Crippen LogP contribution in [0, 0.1) is 18.7 Å². The molecule has 0 radical (unpaired) electrons. The van der Waals surface area contributed by atoms with Gasteiger partial charge < -0.3 is 10.6 Å². The first-order chi connectivity index (χ1) is 12.0. The molecule has 2 amide bonds. The zero-order valence-electron chi connectivity index (χ0n) is 14.6. The highest BCUT2D eigenvalue weighted by Gasteiger charge is 2.20. The third-order valence-corrected chi connectivity index (χ3v) is 6.08. The quantitative estimate of drug-likeness (QED) is 0.803. The van der Waals surface area contributed by atoms with Gasteiger partial charge in [0.1, 0.15) is 10.8 Å². The Labute approximate surface area is 151 Å². The molecule has 0 aliphatic heterocycles. The number of thiazole rings is 1. The van der Waals surface area contributed by atoms with E-state index in [0.29, 0.717) is 16.5 Å². The van der Waals surface area contributed by atoms with Gasteiger partial charge in [-0.15, -0.1) is 11.3 Å². The fraction of sp³-hybridized carbons (Fsp3) is 0.474. The Morgan fingerprint density at radius 1 is 1.36 bits per heavy atom. The second kappa shape index (κ2) is 7.95. The van der Waals surface area contributed by atoms with E-state index >= 15 is 0 Å². The van der Waals surface area contributed by atoms with Gasteiger partial charge in [-0.3, -0.25) is 0 Å². The van der Waals surface area contributed by atoms with Crippen LogP contribution in [-0.4, -0.2) is 17.6 Å². The number of urea groups is 1. The molecule has 0 spiro atoms. The minimum Gasteiger partial charge on any atom is -0.338 e. The molecular formula is C19H24FN3OS. The number of nitrogens with zero attached hydrogens (tertiary/aromatic N) is 1. The van der Waals surface area contributed by atoms with Crippen LogP contribution in [-0.2, 0) is 0 Å². The largest absolute Gasteiger partial charge is 0.338 e. The van der Waals surface area contributed by atoms with Crippen LogP contribution >= 0.6 is 11.3 Å². The van der Waals surface area contributed by atoms with Gasteiger partial charge in [-0.25, -0.2) is 14.2 Å². The predicted octanol–water partition coefficient (Wildman–Crippen LogP) is 4.81. The van der Waals surface area contributed by atoms with Crippen molar-refractivity contribution in [1.29, 1.82) is 0 Å². The molecule has 3 rings (SSSR count). The monoisotopic (exact) mass is 361 g/mol. The van der Waals surface area contributed by atoms with Gasteiger partial charge in [0.15, 0.2) is 0 Å². The average molecular weight is 361 g/mol. The van der Waals surface area contributed by atoms with E-state index in [1.807, 2.05) is 13.8 Å². The van der Waals surface area contributed by atoms with Crippen molar-refractivity contribution >= 4 is 17.4 Å². The summed E-state index contributed by atoms with van der Waals surface area (Å²) < 4.78 is 14.0. The fourth-order valence-corrected chi connectivity index (χ4v) is 4.42. The van der Waals surface area contributed by atoms with E-state index in [4.69, 9.17) is 0 Å². The number of aryl methyl sites for hydroxylation is 1. The van der Waals surface area contributed by atoms with Crippen LogP contribution < -0.4 is 10.6 Å². The Kier molecular flexibility index (Phi) is 5.68.